The van der Waals surface area contributed by atoms with Crippen LogP contribution in [0.5, 0.6) is 23.0 Å². The molecule has 1 aliphatic heterocycles. The average Bonchev–Trinajstić information content (AvgIpc) is 3.02. The molecule has 0 saturated carbocycles. The van der Waals surface area contributed by atoms with Crippen molar-refractivity contribution in [1.82, 2.24) is 10.2 Å². The molecule has 1 saturated heterocycles. The van der Waals surface area contributed by atoms with Gasteiger partial charge < -0.3 is 34.1 Å². The molecule has 43 heavy (non-hydrogen) atoms. The van der Waals surface area contributed by atoms with Crippen LogP contribution in [-0.4, -0.2) is 74.9 Å². The molecule has 1 fully saturated rings. The quantitative estimate of drug-likeness (QED) is 0.293. The lowest BCUT2D eigenvalue weighted by atomic mass is 10.1. The summed E-state index contributed by atoms with van der Waals surface area (Å²) in [7, 11) is 1.60. The molecule has 2 N–H and O–H groups in total. The number of anilines is 2. The minimum Gasteiger partial charge on any atom is -0.497 e. The van der Waals surface area contributed by atoms with E-state index in [1.807, 2.05) is 49.9 Å². The zero-order valence-corrected chi connectivity index (χ0v) is 25.8. The fraction of sp³-hybridized carbons (Fsp3) is 0.344. The Morgan fingerprint density at radius 3 is 1.91 bits per heavy atom. The van der Waals surface area contributed by atoms with Gasteiger partial charge in [-0.05, 0) is 93.7 Å². The molecule has 0 unspecified atom stereocenters. The van der Waals surface area contributed by atoms with Crippen molar-refractivity contribution in [2.75, 3.05) is 63.3 Å². The van der Waals surface area contributed by atoms with E-state index < -0.39 is 5.91 Å². The van der Waals surface area contributed by atoms with Gasteiger partial charge in [0.15, 0.2) is 16.6 Å². The highest BCUT2D eigenvalue weighted by molar-refractivity contribution is 7.80. The summed E-state index contributed by atoms with van der Waals surface area (Å²) in [6.07, 6.45) is 0. The van der Waals surface area contributed by atoms with Crippen LogP contribution in [0.15, 0.2) is 60.7 Å². The number of hydrogen-bond donors (Lipinski definition) is 2. The van der Waals surface area contributed by atoms with Gasteiger partial charge in [0.05, 0.1) is 26.9 Å². The summed E-state index contributed by atoms with van der Waals surface area (Å²) in [6.45, 7) is 9.53. The fourth-order valence-corrected chi connectivity index (χ4v) is 4.91. The molecule has 11 heteroatoms. The third-order valence-electron chi connectivity index (χ3n) is 6.79. The van der Waals surface area contributed by atoms with E-state index in [2.05, 4.69) is 15.5 Å². The summed E-state index contributed by atoms with van der Waals surface area (Å²) < 4.78 is 22.3. The Labute approximate surface area is 257 Å². The molecule has 2 amide bonds. The number of nitrogens with zero attached hydrogens (tertiary/aromatic N) is 2. The molecule has 1 aliphatic rings. The molecule has 0 bridgehead atoms. The summed E-state index contributed by atoms with van der Waals surface area (Å²) >= 11 is 5.41. The van der Waals surface area contributed by atoms with Crippen molar-refractivity contribution in [2.45, 2.75) is 20.8 Å². The predicted molar refractivity (Wildman–Crippen MR) is 171 cm³/mol. The second-order valence-corrected chi connectivity index (χ2v) is 9.97. The lowest BCUT2D eigenvalue weighted by Crippen LogP contribution is -2.48. The predicted octanol–water partition coefficient (Wildman–Crippen LogP) is 4.98. The fourth-order valence-electron chi connectivity index (χ4n) is 4.70. The minimum atomic E-state index is -0.402. The Hall–Kier alpha value is -4.51. The van der Waals surface area contributed by atoms with Crippen LogP contribution < -0.4 is 34.5 Å². The highest BCUT2D eigenvalue weighted by Gasteiger charge is 2.23. The van der Waals surface area contributed by atoms with Gasteiger partial charge in [0.1, 0.15) is 5.75 Å². The van der Waals surface area contributed by atoms with Gasteiger partial charge in [0.25, 0.3) is 11.8 Å². The Kier molecular flexibility index (Phi) is 11.0. The molecular formula is C32H38N4O6S. The molecule has 3 aromatic carbocycles. The van der Waals surface area contributed by atoms with Crippen molar-refractivity contribution in [3.63, 3.8) is 0 Å². The van der Waals surface area contributed by atoms with E-state index in [0.29, 0.717) is 61.3 Å². The maximum Gasteiger partial charge on any atom is 0.257 e. The third kappa shape index (κ3) is 8.07. The van der Waals surface area contributed by atoms with E-state index in [-0.39, 0.29) is 11.0 Å². The van der Waals surface area contributed by atoms with Gasteiger partial charge in [0, 0.05) is 48.7 Å². The number of nitrogens with one attached hydrogen (secondary N) is 2. The smallest absolute Gasteiger partial charge is 0.257 e. The first-order valence-corrected chi connectivity index (χ1v) is 14.7. The summed E-state index contributed by atoms with van der Waals surface area (Å²) in [6, 6.07) is 18.2. The third-order valence-corrected chi connectivity index (χ3v) is 7.00. The maximum atomic E-state index is 13.1. The van der Waals surface area contributed by atoms with Crippen LogP contribution in [0.3, 0.4) is 0 Å². The van der Waals surface area contributed by atoms with Gasteiger partial charge in [-0.3, -0.25) is 14.9 Å². The second-order valence-electron chi connectivity index (χ2n) is 9.56. The SMILES string of the molecule is CCOc1cc(C(=O)NC(=S)Nc2ccc(N3CCN(C(=O)c4ccc(OC)cc4)CC3)cc2)cc(OCC)c1OCC. The van der Waals surface area contributed by atoms with E-state index in [1.54, 1.807) is 43.5 Å². The number of amides is 2. The Bertz CT molecular complexity index is 1380. The van der Waals surface area contributed by atoms with E-state index in [4.69, 9.17) is 31.2 Å². The van der Waals surface area contributed by atoms with Gasteiger partial charge in [-0.1, -0.05) is 0 Å². The van der Waals surface area contributed by atoms with Gasteiger partial charge in [-0.2, -0.15) is 0 Å². The zero-order chi connectivity index (χ0) is 30.8. The maximum absolute atomic E-state index is 13.1. The average molecular weight is 607 g/mol. The van der Waals surface area contributed by atoms with Gasteiger partial charge in [-0.25, -0.2) is 0 Å². The van der Waals surface area contributed by atoms with Crippen molar-refractivity contribution in [3.8, 4) is 23.0 Å². The van der Waals surface area contributed by atoms with E-state index in [9.17, 15) is 9.59 Å². The molecule has 0 atom stereocenters. The Balaban J connectivity index is 1.32. The molecule has 0 aliphatic carbocycles. The van der Waals surface area contributed by atoms with E-state index in [0.717, 1.165) is 30.2 Å². The van der Waals surface area contributed by atoms with E-state index >= 15 is 0 Å². The number of carbonyl (C=O) groups excluding carboxylic acids is 2. The monoisotopic (exact) mass is 606 g/mol. The first kappa shape index (κ1) is 31.4. The van der Waals surface area contributed by atoms with Crippen LogP contribution in [0.25, 0.3) is 0 Å². The van der Waals surface area contributed by atoms with Crippen molar-refractivity contribution in [3.05, 3.63) is 71.8 Å². The number of piperazine rings is 1. The highest BCUT2D eigenvalue weighted by atomic mass is 32.1. The molecule has 0 radical (unpaired) electrons. The minimum absolute atomic E-state index is 0.0193. The van der Waals surface area contributed by atoms with Crippen molar-refractivity contribution < 1.29 is 28.5 Å². The summed E-state index contributed by atoms with van der Waals surface area (Å²) in [5.74, 6) is 1.67. The van der Waals surface area contributed by atoms with Crippen LogP contribution in [0, 0.1) is 0 Å². The van der Waals surface area contributed by atoms with Crippen molar-refractivity contribution in [2.24, 2.45) is 0 Å². The molecule has 3 aromatic rings. The van der Waals surface area contributed by atoms with Crippen LogP contribution in [-0.2, 0) is 0 Å². The van der Waals surface area contributed by atoms with Crippen LogP contribution in [0.2, 0.25) is 0 Å². The topological polar surface area (TPSA) is 102 Å². The van der Waals surface area contributed by atoms with Crippen LogP contribution >= 0.6 is 12.2 Å². The molecule has 0 spiro atoms. The molecule has 0 aromatic heterocycles. The summed E-state index contributed by atoms with van der Waals surface area (Å²) in [5.41, 5.74) is 2.76. The number of carbonyl (C=O) groups is 2. The largest absolute Gasteiger partial charge is 0.497 e. The lowest BCUT2D eigenvalue weighted by Gasteiger charge is -2.36. The number of rotatable bonds is 11. The number of benzene rings is 3. The molecule has 10 nitrogen and oxygen atoms in total. The normalized spacial score (nSPS) is 12.7. The highest BCUT2D eigenvalue weighted by Crippen LogP contribution is 2.39. The number of thiocarbonyl (C=S) groups is 1. The molecule has 4 rings (SSSR count). The first-order chi connectivity index (χ1) is 20.9. The second kappa shape index (κ2) is 15.1. The van der Waals surface area contributed by atoms with Gasteiger partial charge in [0.2, 0.25) is 5.75 Å². The molecule has 1 heterocycles. The number of hydrogen-bond acceptors (Lipinski definition) is 8. The molecule has 228 valence electrons. The van der Waals surface area contributed by atoms with Crippen LogP contribution in [0.4, 0.5) is 11.4 Å². The Morgan fingerprint density at radius 1 is 0.791 bits per heavy atom. The van der Waals surface area contributed by atoms with Crippen LogP contribution in [0.1, 0.15) is 41.5 Å². The van der Waals surface area contributed by atoms with Crippen molar-refractivity contribution >= 4 is 40.5 Å². The standard InChI is InChI=1S/C32H38N4O6S/c1-5-40-27-20-23(21-28(41-6-2)29(27)42-7-3)30(37)34-32(43)33-24-10-12-25(13-11-24)35-16-18-36(19-17-35)31(38)22-8-14-26(39-4)15-9-22/h8-15,20-21H,5-7,16-19H2,1-4H3,(H2,33,34,37,43). The molecular weight excluding hydrogens is 568 g/mol. The summed E-state index contributed by atoms with van der Waals surface area (Å²) in [5, 5.41) is 5.95. The number of ether oxygens (including phenoxy) is 4. The van der Waals surface area contributed by atoms with E-state index in [1.165, 1.54) is 0 Å². The zero-order valence-electron chi connectivity index (χ0n) is 25.0. The van der Waals surface area contributed by atoms with Gasteiger partial charge >= 0.3 is 0 Å². The number of methoxy groups -OCH3 is 1. The van der Waals surface area contributed by atoms with Crippen molar-refractivity contribution in [1.29, 1.82) is 0 Å². The first-order valence-electron chi connectivity index (χ1n) is 14.3. The summed E-state index contributed by atoms with van der Waals surface area (Å²) in [4.78, 5) is 30.0. The lowest BCUT2D eigenvalue weighted by molar-refractivity contribution is 0.0746. The van der Waals surface area contributed by atoms with Gasteiger partial charge in [-0.15, -0.1) is 0 Å². The Morgan fingerprint density at radius 2 is 1.37 bits per heavy atom.